The van der Waals surface area contributed by atoms with E-state index in [9.17, 15) is 0 Å². The van der Waals surface area contributed by atoms with Gasteiger partial charge in [-0.25, -0.2) is 9.97 Å². The van der Waals surface area contributed by atoms with E-state index in [4.69, 9.17) is 19.4 Å². The van der Waals surface area contributed by atoms with Gasteiger partial charge in [-0.2, -0.15) is 0 Å². The predicted molar refractivity (Wildman–Crippen MR) is 108 cm³/mol. The Hall–Kier alpha value is -2.93. The molecule has 0 radical (unpaired) electrons. The molecule has 0 fully saturated rings. The minimum Gasteiger partial charge on any atom is -0.493 e. The second kappa shape index (κ2) is 8.64. The molecule has 3 aromatic rings. The highest BCUT2D eigenvalue weighted by atomic mass is 16.5. The fourth-order valence-electron chi connectivity index (χ4n) is 2.82. The highest BCUT2D eigenvalue weighted by Crippen LogP contribution is 2.35. The Morgan fingerprint density at radius 3 is 2.37 bits per heavy atom. The van der Waals surface area contributed by atoms with Crippen LogP contribution in [0.4, 0.5) is 5.82 Å². The first-order valence-corrected chi connectivity index (χ1v) is 8.85. The fourth-order valence-corrected chi connectivity index (χ4v) is 2.82. The number of nitrogens with one attached hydrogen (secondary N) is 1. The quantitative estimate of drug-likeness (QED) is 0.613. The summed E-state index contributed by atoms with van der Waals surface area (Å²) in [6.45, 7) is 1.82. The number of nitrogens with zero attached hydrogens (tertiary/aromatic N) is 4. The minimum atomic E-state index is 0.642. The van der Waals surface area contributed by atoms with Crippen molar-refractivity contribution in [3.05, 3.63) is 36.7 Å². The molecular weight excluding hydrogens is 342 g/mol. The molecule has 1 aromatic carbocycles. The zero-order valence-electron chi connectivity index (χ0n) is 16.2. The molecule has 2 heterocycles. The second-order valence-corrected chi connectivity index (χ2v) is 6.44. The Bertz CT molecular complexity index is 900. The topological polar surface area (TPSA) is 72.4 Å². The highest BCUT2D eigenvalue weighted by molar-refractivity contribution is 5.93. The third kappa shape index (κ3) is 4.43. The van der Waals surface area contributed by atoms with Crippen LogP contribution in [0.25, 0.3) is 22.3 Å². The van der Waals surface area contributed by atoms with Crippen LogP contribution in [0.2, 0.25) is 0 Å². The molecule has 142 valence electrons. The highest BCUT2D eigenvalue weighted by Gasteiger charge is 2.14. The van der Waals surface area contributed by atoms with Crippen LogP contribution < -0.4 is 14.8 Å². The third-order valence-electron chi connectivity index (χ3n) is 4.21. The molecule has 0 saturated carbocycles. The van der Waals surface area contributed by atoms with E-state index < -0.39 is 0 Å². The van der Waals surface area contributed by atoms with Gasteiger partial charge in [0, 0.05) is 36.0 Å². The first kappa shape index (κ1) is 18.8. The van der Waals surface area contributed by atoms with Crippen molar-refractivity contribution in [3.8, 4) is 22.9 Å². The standard InChI is InChI=1S/C20H25N5O2/c1-25(2)11-5-8-22-20-15-12-17(26-3)18(27-4)13-16(15)23-19(24-20)14-6-9-21-10-7-14/h6-7,9-10,12-13H,5,8,11H2,1-4H3,(H,22,23,24). The largest absolute Gasteiger partial charge is 0.493 e. The summed E-state index contributed by atoms with van der Waals surface area (Å²) in [4.78, 5) is 15.7. The van der Waals surface area contributed by atoms with Crippen molar-refractivity contribution in [2.24, 2.45) is 0 Å². The number of fused-ring (bicyclic) bond motifs is 1. The van der Waals surface area contributed by atoms with E-state index in [1.54, 1.807) is 26.6 Å². The van der Waals surface area contributed by atoms with Crippen LogP contribution in [-0.2, 0) is 0 Å². The Labute approximate surface area is 159 Å². The van der Waals surface area contributed by atoms with E-state index in [0.29, 0.717) is 17.3 Å². The zero-order chi connectivity index (χ0) is 19.2. The van der Waals surface area contributed by atoms with Crippen molar-refractivity contribution in [1.29, 1.82) is 0 Å². The lowest BCUT2D eigenvalue weighted by atomic mass is 10.1. The minimum absolute atomic E-state index is 0.642. The average molecular weight is 367 g/mol. The van der Waals surface area contributed by atoms with Crippen LogP contribution in [0.1, 0.15) is 6.42 Å². The Morgan fingerprint density at radius 1 is 1.00 bits per heavy atom. The molecule has 1 N–H and O–H groups in total. The van der Waals surface area contributed by atoms with Gasteiger partial charge in [0.2, 0.25) is 0 Å². The average Bonchev–Trinajstić information content (AvgIpc) is 2.70. The summed E-state index contributed by atoms with van der Waals surface area (Å²) in [7, 11) is 7.38. The van der Waals surface area contributed by atoms with Crippen molar-refractivity contribution in [2.45, 2.75) is 6.42 Å². The lowest BCUT2D eigenvalue weighted by Gasteiger charge is -2.15. The molecule has 0 aliphatic rings. The van der Waals surface area contributed by atoms with Crippen LogP contribution in [0, 0.1) is 0 Å². The van der Waals surface area contributed by atoms with E-state index in [2.05, 4.69) is 29.3 Å². The SMILES string of the molecule is COc1cc2nc(-c3ccncc3)nc(NCCCN(C)C)c2cc1OC. The molecule has 0 aliphatic heterocycles. The van der Waals surface area contributed by atoms with Crippen LogP contribution in [0.3, 0.4) is 0 Å². The fraction of sp³-hybridized carbons (Fsp3) is 0.350. The predicted octanol–water partition coefficient (Wildman–Crippen LogP) is 3.07. The number of hydrogen-bond donors (Lipinski definition) is 1. The van der Waals surface area contributed by atoms with Gasteiger partial charge in [-0.15, -0.1) is 0 Å². The lowest BCUT2D eigenvalue weighted by molar-refractivity contribution is 0.356. The Kier molecular flexibility index (Phi) is 6.03. The number of hydrogen-bond acceptors (Lipinski definition) is 7. The number of pyridine rings is 1. The number of anilines is 1. The maximum Gasteiger partial charge on any atom is 0.162 e. The first-order valence-electron chi connectivity index (χ1n) is 8.85. The van der Waals surface area contributed by atoms with E-state index >= 15 is 0 Å². The van der Waals surface area contributed by atoms with Crippen molar-refractivity contribution in [2.75, 3.05) is 46.7 Å². The Morgan fingerprint density at radius 2 is 1.70 bits per heavy atom. The monoisotopic (exact) mass is 367 g/mol. The number of ether oxygens (including phenoxy) is 2. The molecule has 0 unspecified atom stereocenters. The third-order valence-corrected chi connectivity index (χ3v) is 4.21. The van der Waals surface area contributed by atoms with Crippen molar-refractivity contribution >= 4 is 16.7 Å². The molecule has 0 amide bonds. The Balaban J connectivity index is 2.05. The summed E-state index contributed by atoms with van der Waals surface area (Å²) in [6, 6.07) is 7.60. The van der Waals surface area contributed by atoms with E-state index in [1.165, 1.54) is 0 Å². The van der Waals surface area contributed by atoms with Crippen LogP contribution in [0.5, 0.6) is 11.5 Å². The van der Waals surface area contributed by atoms with Crippen LogP contribution >= 0.6 is 0 Å². The summed E-state index contributed by atoms with van der Waals surface area (Å²) in [5.74, 6) is 2.73. The van der Waals surface area contributed by atoms with Gasteiger partial charge in [0.1, 0.15) is 5.82 Å². The van der Waals surface area contributed by atoms with Crippen molar-refractivity contribution in [3.63, 3.8) is 0 Å². The summed E-state index contributed by atoms with van der Waals surface area (Å²) in [5, 5.41) is 4.35. The lowest BCUT2D eigenvalue weighted by Crippen LogP contribution is -2.17. The normalized spacial score (nSPS) is 11.0. The van der Waals surface area contributed by atoms with Gasteiger partial charge < -0.3 is 19.7 Å². The van der Waals surface area contributed by atoms with Gasteiger partial charge in [-0.3, -0.25) is 4.98 Å². The van der Waals surface area contributed by atoms with Crippen LogP contribution in [0.15, 0.2) is 36.7 Å². The molecule has 27 heavy (non-hydrogen) atoms. The summed E-state index contributed by atoms with van der Waals surface area (Å²) >= 11 is 0. The molecule has 0 spiro atoms. The molecule has 0 aliphatic carbocycles. The van der Waals surface area contributed by atoms with Gasteiger partial charge in [0.15, 0.2) is 17.3 Å². The molecule has 0 saturated heterocycles. The first-order chi connectivity index (χ1) is 13.1. The summed E-state index contributed by atoms with van der Waals surface area (Å²) in [6.07, 6.45) is 4.49. The maximum atomic E-state index is 5.45. The van der Waals surface area contributed by atoms with Gasteiger partial charge in [-0.1, -0.05) is 0 Å². The second-order valence-electron chi connectivity index (χ2n) is 6.44. The van der Waals surface area contributed by atoms with Crippen molar-refractivity contribution in [1.82, 2.24) is 19.9 Å². The van der Waals surface area contributed by atoms with Crippen molar-refractivity contribution < 1.29 is 9.47 Å². The number of aromatic nitrogens is 3. The van der Waals surface area contributed by atoms with E-state index in [1.807, 2.05) is 24.3 Å². The molecule has 2 aromatic heterocycles. The molecule has 0 bridgehead atoms. The van der Waals surface area contributed by atoms with Gasteiger partial charge in [0.25, 0.3) is 0 Å². The van der Waals surface area contributed by atoms with Gasteiger partial charge in [0.05, 0.1) is 19.7 Å². The molecule has 3 rings (SSSR count). The van der Waals surface area contributed by atoms with Gasteiger partial charge in [-0.05, 0) is 45.3 Å². The molecular formula is C20H25N5O2. The number of benzene rings is 1. The van der Waals surface area contributed by atoms with Crippen LogP contribution in [-0.4, -0.2) is 61.3 Å². The van der Waals surface area contributed by atoms with E-state index in [0.717, 1.165) is 41.8 Å². The van der Waals surface area contributed by atoms with Gasteiger partial charge >= 0.3 is 0 Å². The smallest absolute Gasteiger partial charge is 0.162 e. The summed E-state index contributed by atoms with van der Waals surface area (Å²) in [5.41, 5.74) is 1.71. The molecule has 0 atom stereocenters. The summed E-state index contributed by atoms with van der Waals surface area (Å²) < 4.78 is 10.9. The number of methoxy groups -OCH3 is 2. The zero-order valence-corrected chi connectivity index (χ0v) is 16.2. The molecule has 7 heteroatoms. The van der Waals surface area contributed by atoms with E-state index in [-0.39, 0.29) is 0 Å². The molecule has 7 nitrogen and oxygen atoms in total. The maximum absolute atomic E-state index is 5.45. The number of rotatable bonds is 8.